The van der Waals surface area contributed by atoms with Gasteiger partial charge in [-0.15, -0.1) is 0 Å². The molecule has 3 aliphatic heterocycles. The van der Waals surface area contributed by atoms with Crippen LogP contribution in [0.4, 0.5) is 23.3 Å². The predicted molar refractivity (Wildman–Crippen MR) is 508 cm³/mol. The summed E-state index contributed by atoms with van der Waals surface area (Å²) < 4.78 is 23.9. The number of carbonyl (C=O) groups excluding carboxylic acids is 1. The smallest absolute Gasteiger partial charge is 0.327 e. The number of halogens is 2. The van der Waals surface area contributed by atoms with E-state index in [0.29, 0.717) is 115 Å². The van der Waals surface area contributed by atoms with Crippen molar-refractivity contribution in [2.45, 2.75) is 334 Å². The molecule has 33 heteroatoms. The number of nitrogens with zero attached hydrogens (tertiary/aromatic N) is 14. The van der Waals surface area contributed by atoms with Gasteiger partial charge < -0.3 is 77.4 Å². The number of nitrogen functional groups attached to an aromatic ring is 4. The quantitative estimate of drug-likeness (QED) is 0.0160. The van der Waals surface area contributed by atoms with Gasteiger partial charge in [0.2, 0.25) is 5.91 Å². The number of ether oxygens (including phenoxy) is 3. The van der Waals surface area contributed by atoms with E-state index in [0.717, 1.165) is 209 Å². The molecule has 0 radical (unpaired) electrons. The lowest BCUT2D eigenvalue weighted by Gasteiger charge is -2.31. The van der Waals surface area contributed by atoms with E-state index < -0.39 is 0 Å². The number of anilines is 4. The Morgan fingerprint density at radius 3 is 1.42 bits per heavy atom. The summed E-state index contributed by atoms with van der Waals surface area (Å²) in [7, 11) is 0. The van der Waals surface area contributed by atoms with Gasteiger partial charge in [-0.2, -0.15) is 34.6 Å². The van der Waals surface area contributed by atoms with Crippen molar-refractivity contribution in [3.05, 3.63) is 61.5 Å². The van der Waals surface area contributed by atoms with Crippen molar-refractivity contribution in [2.75, 3.05) is 102 Å². The summed E-state index contributed by atoms with van der Waals surface area (Å²) in [5.41, 5.74) is 29.2. The third-order valence-electron chi connectivity index (χ3n) is 23.3. The lowest BCUT2D eigenvalue weighted by atomic mass is 9.95. The highest BCUT2D eigenvalue weighted by Gasteiger charge is 2.27. The fraction of sp³-hybridized carbons (Fsp3) is 0.717. The second kappa shape index (κ2) is 59.5. The van der Waals surface area contributed by atoms with E-state index in [1.165, 1.54) is 89.9 Å². The standard InChI is InChI=1S/C24H35N5O2.C19H32N6O2.C18H30N6O2.C16H26N6O2.C14H30.CH4.2ClH2/c1-3-5-7-15-21(30)26-16-10-11-17-31-29-20(14-6-4-2)28-22-23(29)18-12-8-9-13-19(18)27-24(22)25;1-4-6-13(3)27-18-22-16(20)15-17(23-18)25(19(26)21-15)12-14-7-10-24(9-5-2)11-8-14;1-3-5-11-26-17-21-15(19)14-16(22-17)24(18(25)20-14)12-13-6-9-23(8-4-2)10-7-13;1-2-3-10-24-15-20-13(17)12-14(21-15)22(16(23)19-12)9-6-11-4-7-18-8-5-11;1-3-5-7-9-11-13-14-12-10-8-6-4-2;;;/h8-9,12-13H,3-7,10-11,14-17H2,1-2H3,(H2,25,27)(H,26,30);13-14H,4-12H2,1-3H3,(H,21,26)(H2,20,22,23);13H,3-12H2,1-2H3,(H,20,25)(H2,19,21,22);11,18H,2-10H2,1H3,(H,19,23)(H2,17,20,21);3-14H2,1-2H3;1H4;2*1H2/q;;;;;;2*+1/t;13-;;;;;;/m.0....../s1. The second-order valence-electron chi connectivity index (χ2n) is 33.6. The normalized spacial score (nSPS) is 14.2. The number of aryl methyl sites for hydroxylation is 2. The average Bonchev–Trinajstić information content (AvgIpc) is 1.61. The fourth-order valence-corrected chi connectivity index (χ4v) is 16.1. The molecule has 704 valence electrons. The van der Waals surface area contributed by atoms with Gasteiger partial charge in [-0.05, 0) is 186 Å². The molecule has 1 atom stereocenters. The first kappa shape index (κ1) is 107. The number of para-hydroxylation sites is 1. The number of unbranched alkanes of at least 4 members (excludes halogenated alkanes) is 17. The van der Waals surface area contributed by atoms with E-state index >= 15 is 0 Å². The molecule has 31 nitrogen and oxygen atoms in total. The Bertz CT molecular complexity index is 4660. The van der Waals surface area contributed by atoms with Gasteiger partial charge in [0.15, 0.2) is 40.2 Å². The molecule has 3 fully saturated rings. The van der Waals surface area contributed by atoms with E-state index in [9.17, 15) is 19.2 Å². The summed E-state index contributed by atoms with van der Waals surface area (Å²) >= 11 is 0. The molecule has 0 unspecified atom stereocenters. The highest BCUT2D eigenvalue weighted by Crippen LogP contribution is 2.31. The maximum atomic E-state index is 12.5. The molecule has 0 saturated carbocycles. The molecule has 0 aliphatic carbocycles. The Labute approximate surface area is 755 Å². The number of imidazole rings is 4. The summed E-state index contributed by atoms with van der Waals surface area (Å²) in [6, 6.07) is 8.66. The van der Waals surface area contributed by atoms with E-state index in [1.54, 1.807) is 13.7 Å². The highest BCUT2D eigenvalue weighted by atomic mass is 35.5. The first-order valence-corrected chi connectivity index (χ1v) is 47.2. The van der Waals surface area contributed by atoms with Gasteiger partial charge >= 0.3 is 35.1 Å². The van der Waals surface area contributed by atoms with E-state index in [1.807, 2.05) is 35.9 Å². The Morgan fingerprint density at radius 1 is 0.480 bits per heavy atom. The van der Waals surface area contributed by atoms with E-state index in [-0.39, 0.29) is 96.8 Å². The molecular formula is C92H161Cl2N23O8+2. The van der Waals surface area contributed by atoms with Crippen LogP contribution >= 0.6 is 0 Å². The van der Waals surface area contributed by atoms with Gasteiger partial charge in [0, 0.05) is 44.4 Å². The zero-order chi connectivity index (χ0) is 87.4. The Kier molecular flexibility index (Phi) is 50.9. The van der Waals surface area contributed by atoms with Crippen molar-refractivity contribution >= 4 is 84.6 Å². The van der Waals surface area contributed by atoms with Gasteiger partial charge in [0.05, 0.1) is 49.6 Å². The van der Waals surface area contributed by atoms with Gasteiger partial charge in [-0.25, -0.2) is 24.4 Å². The molecule has 1 amide bonds. The van der Waals surface area contributed by atoms with Crippen LogP contribution in [0.15, 0.2) is 38.6 Å². The number of H-pyrrole nitrogens is 3. The van der Waals surface area contributed by atoms with Gasteiger partial charge in [0.1, 0.15) is 40.0 Å². The molecule has 8 aromatic heterocycles. The molecule has 3 saturated heterocycles. The molecule has 0 bridgehead atoms. The number of amides is 1. The third-order valence-corrected chi connectivity index (χ3v) is 23.3. The maximum absolute atomic E-state index is 12.5. The topological polar surface area (TPSA) is 410 Å². The molecule has 9 aromatic rings. The number of benzene rings is 1. The van der Waals surface area contributed by atoms with Crippen LogP contribution < -0.4 is 69.7 Å². The van der Waals surface area contributed by atoms with Crippen molar-refractivity contribution in [3.8, 4) is 18.0 Å². The molecule has 0 spiro atoms. The number of nitrogens with one attached hydrogen (secondary N) is 5. The van der Waals surface area contributed by atoms with E-state index in [4.69, 9.17) is 47.0 Å². The maximum Gasteiger partial charge on any atom is 0.327 e. The minimum Gasteiger partial charge on any atom is -0.463 e. The first-order valence-electron chi connectivity index (χ1n) is 47.2. The van der Waals surface area contributed by atoms with Crippen LogP contribution in [0.1, 0.15) is 307 Å². The highest BCUT2D eigenvalue weighted by molar-refractivity contribution is 6.06. The van der Waals surface area contributed by atoms with Crippen LogP contribution in [0.3, 0.4) is 0 Å². The average molecular weight is 1790 g/mol. The number of carbonyl (C=O) groups is 1. The van der Waals surface area contributed by atoms with Crippen molar-refractivity contribution < 1.29 is 48.7 Å². The predicted octanol–water partition coefficient (Wildman–Crippen LogP) is 15.4. The van der Waals surface area contributed by atoms with Gasteiger partial charge in [0.25, 0.3) is 0 Å². The second-order valence-corrected chi connectivity index (χ2v) is 33.6. The summed E-state index contributed by atoms with van der Waals surface area (Å²) in [6.45, 7) is 34.6. The minimum atomic E-state index is -0.189. The molecule has 12 rings (SSSR count). The molecular weight excluding hydrogens is 1630 g/mol. The fourth-order valence-electron chi connectivity index (χ4n) is 16.1. The number of hydrogen-bond donors (Lipinski definition) is 9. The van der Waals surface area contributed by atoms with Crippen LogP contribution in [0.5, 0.6) is 18.0 Å². The number of nitrogens with two attached hydrogens (primary N) is 4. The minimum absolute atomic E-state index is 0. The monoisotopic (exact) mass is 1790 g/mol. The number of pyridine rings is 1. The molecule has 11 heterocycles. The van der Waals surface area contributed by atoms with Gasteiger partial charge in [-0.3, -0.25) is 18.5 Å². The number of rotatable bonds is 47. The number of likely N-dealkylation sites (tertiary alicyclic amines) is 2. The summed E-state index contributed by atoms with van der Waals surface area (Å²) in [4.78, 5) is 104. The zero-order valence-electron chi connectivity index (χ0n) is 76.9. The number of fused-ring (bicyclic) bond motifs is 6. The molecule has 3 aliphatic rings. The Morgan fingerprint density at radius 2 is 0.936 bits per heavy atom. The van der Waals surface area contributed by atoms with Gasteiger partial charge in [-0.1, -0.05) is 204 Å². The molecule has 1 aromatic carbocycles. The SMILES string of the molecule is C.CCCCCC(=O)NCCCCOn1c(CCCC)nc2c(N)nc3ccccc3c21.CCCCCCCCCCCCCC.CCCCOc1nc(N)c2[nH]c(=O)n(CC3CCN(CCC)CC3)c2n1.CCCCOc1nc(N)c2[nH]c(=O)n(CCC3CCNCC3)c2n1.CCC[C@H](C)Oc1nc(N)c2[nH]c(=O)n(CC3CCN(CCC)CC3)c2n1.[ClH2+].[ClH2+]. The van der Waals surface area contributed by atoms with Crippen LogP contribution in [-0.4, -0.2) is 174 Å². The van der Waals surface area contributed by atoms with Crippen LogP contribution in [0.2, 0.25) is 0 Å². The number of piperidine rings is 3. The van der Waals surface area contributed by atoms with Crippen molar-refractivity contribution in [3.63, 3.8) is 0 Å². The van der Waals surface area contributed by atoms with Crippen molar-refractivity contribution in [1.29, 1.82) is 0 Å². The van der Waals surface area contributed by atoms with E-state index in [2.05, 4.69) is 133 Å². The largest absolute Gasteiger partial charge is 0.463 e. The first-order chi connectivity index (χ1) is 59.4. The third kappa shape index (κ3) is 34.5. The lowest BCUT2D eigenvalue weighted by Crippen LogP contribution is -2.36. The van der Waals surface area contributed by atoms with Crippen molar-refractivity contribution in [2.24, 2.45) is 17.8 Å². The lowest BCUT2D eigenvalue weighted by molar-refractivity contribution is -0.121. The Balaban J connectivity index is 0.000000280. The van der Waals surface area contributed by atoms with Crippen LogP contribution in [-0.2, 0) is 30.8 Å². The number of hydrogen-bond acceptors (Lipinski definition) is 23. The summed E-state index contributed by atoms with van der Waals surface area (Å²) in [6.07, 6.45) is 41.8. The van der Waals surface area contributed by atoms with Crippen molar-refractivity contribution in [1.82, 2.24) is 93.7 Å². The number of aromatic amines is 3. The summed E-state index contributed by atoms with van der Waals surface area (Å²) in [5, 5.41) is 7.34. The van der Waals surface area contributed by atoms with Crippen LogP contribution in [0, 0.1) is 42.6 Å². The molecule has 125 heavy (non-hydrogen) atoms. The Hall–Kier alpha value is -8.52. The number of aromatic nitrogens is 15. The summed E-state index contributed by atoms with van der Waals surface area (Å²) in [5.74, 6) is 3.81. The van der Waals surface area contributed by atoms with Crippen LogP contribution in [0.25, 0.3) is 55.4 Å². The molecule has 13 N–H and O–H groups in total. The zero-order valence-corrected chi connectivity index (χ0v) is 78.7.